The van der Waals surface area contributed by atoms with E-state index in [1.54, 1.807) is 7.11 Å². The van der Waals surface area contributed by atoms with Crippen LogP contribution >= 0.6 is 0 Å². The van der Waals surface area contributed by atoms with Crippen molar-refractivity contribution in [2.75, 3.05) is 7.11 Å². The molecule has 16 heavy (non-hydrogen) atoms. The Labute approximate surface area is 93.8 Å². The minimum Gasteiger partial charge on any atom is -0.493 e. The van der Waals surface area contributed by atoms with Gasteiger partial charge in [0.25, 0.3) is 0 Å². The Kier molecular flexibility index (Phi) is 2.99. The summed E-state index contributed by atoms with van der Waals surface area (Å²) in [6, 6.07) is 5.75. The van der Waals surface area contributed by atoms with Crippen molar-refractivity contribution in [1.29, 1.82) is 0 Å². The van der Waals surface area contributed by atoms with Gasteiger partial charge in [0.05, 0.1) is 7.11 Å². The molecule has 1 aliphatic heterocycles. The van der Waals surface area contributed by atoms with Crippen LogP contribution in [0.4, 0.5) is 0 Å². The van der Waals surface area contributed by atoms with E-state index in [4.69, 9.17) is 14.6 Å². The first kappa shape index (κ1) is 10.8. The Bertz CT molecular complexity index is 400. The van der Waals surface area contributed by atoms with Crippen molar-refractivity contribution in [3.8, 4) is 11.5 Å². The Morgan fingerprint density at radius 1 is 1.62 bits per heavy atom. The molecule has 1 N–H and O–H groups in total. The molecule has 1 aromatic carbocycles. The number of aliphatic carboxylic acids is 1. The van der Waals surface area contributed by atoms with Crippen molar-refractivity contribution in [1.82, 2.24) is 0 Å². The van der Waals surface area contributed by atoms with Crippen molar-refractivity contribution >= 4 is 5.97 Å². The molecule has 0 amide bonds. The Hall–Kier alpha value is -1.71. The molecular formula is C12H14O4. The highest BCUT2D eigenvalue weighted by molar-refractivity contribution is 5.66. The van der Waals surface area contributed by atoms with Crippen LogP contribution in [-0.4, -0.2) is 24.3 Å². The first-order valence-electron chi connectivity index (χ1n) is 5.25. The van der Waals surface area contributed by atoms with Crippen LogP contribution in [0, 0.1) is 0 Å². The van der Waals surface area contributed by atoms with E-state index < -0.39 is 5.97 Å². The van der Waals surface area contributed by atoms with E-state index in [-0.39, 0.29) is 12.5 Å². The Morgan fingerprint density at radius 2 is 2.44 bits per heavy atom. The summed E-state index contributed by atoms with van der Waals surface area (Å²) in [6.07, 6.45) is 1.40. The second-order valence-electron chi connectivity index (χ2n) is 3.82. The average molecular weight is 222 g/mol. The van der Waals surface area contributed by atoms with E-state index in [9.17, 15) is 4.79 Å². The van der Waals surface area contributed by atoms with Gasteiger partial charge in [0.15, 0.2) is 11.5 Å². The van der Waals surface area contributed by atoms with Gasteiger partial charge in [-0.3, -0.25) is 4.79 Å². The molecule has 4 nitrogen and oxygen atoms in total. The first-order chi connectivity index (χ1) is 7.70. The van der Waals surface area contributed by atoms with E-state index in [0.717, 1.165) is 23.5 Å². The summed E-state index contributed by atoms with van der Waals surface area (Å²) in [5.41, 5.74) is 1.09. The molecular weight excluding hydrogens is 208 g/mol. The van der Waals surface area contributed by atoms with E-state index in [2.05, 4.69) is 0 Å². The molecule has 1 aromatic rings. The van der Waals surface area contributed by atoms with Crippen LogP contribution in [-0.2, 0) is 11.2 Å². The molecule has 86 valence electrons. The normalized spacial score (nSPS) is 17.7. The molecule has 0 bridgehead atoms. The van der Waals surface area contributed by atoms with Crippen molar-refractivity contribution in [3.63, 3.8) is 0 Å². The Morgan fingerprint density at radius 3 is 3.12 bits per heavy atom. The van der Waals surface area contributed by atoms with Crippen LogP contribution in [0.15, 0.2) is 18.2 Å². The third kappa shape index (κ3) is 2.10. The number of rotatable bonds is 4. The highest BCUT2D eigenvalue weighted by atomic mass is 16.5. The molecule has 1 unspecified atom stereocenters. The molecule has 0 fully saturated rings. The number of ether oxygens (including phenoxy) is 2. The second kappa shape index (κ2) is 4.43. The van der Waals surface area contributed by atoms with Crippen LogP contribution in [0.1, 0.15) is 18.4 Å². The zero-order chi connectivity index (χ0) is 11.5. The summed E-state index contributed by atoms with van der Waals surface area (Å²) in [7, 11) is 1.60. The minimum atomic E-state index is -0.786. The summed E-state index contributed by atoms with van der Waals surface area (Å²) >= 11 is 0. The van der Waals surface area contributed by atoms with Gasteiger partial charge in [-0.05, 0) is 12.5 Å². The SMILES string of the molecule is COc1cccc2c1OC(CCC(=O)O)C2. The number of para-hydroxylation sites is 1. The number of methoxy groups -OCH3 is 1. The monoisotopic (exact) mass is 222 g/mol. The maximum absolute atomic E-state index is 10.5. The molecule has 0 saturated heterocycles. The van der Waals surface area contributed by atoms with Gasteiger partial charge in [-0.25, -0.2) is 0 Å². The lowest BCUT2D eigenvalue weighted by Gasteiger charge is -2.10. The zero-order valence-electron chi connectivity index (χ0n) is 9.10. The van der Waals surface area contributed by atoms with Gasteiger partial charge in [0.2, 0.25) is 0 Å². The maximum Gasteiger partial charge on any atom is 0.303 e. The standard InChI is InChI=1S/C12H14O4/c1-15-10-4-2-3-8-7-9(16-12(8)10)5-6-11(13)14/h2-4,9H,5-7H2,1H3,(H,13,14). The summed E-state index contributed by atoms with van der Waals surface area (Å²) in [5.74, 6) is 0.697. The highest BCUT2D eigenvalue weighted by Gasteiger charge is 2.25. The van der Waals surface area contributed by atoms with Crippen LogP contribution in [0.2, 0.25) is 0 Å². The predicted octanol–water partition coefficient (Wildman–Crippen LogP) is 1.86. The third-order valence-corrected chi connectivity index (χ3v) is 2.69. The molecule has 2 rings (SSSR count). The van der Waals surface area contributed by atoms with Gasteiger partial charge in [-0.15, -0.1) is 0 Å². The topological polar surface area (TPSA) is 55.8 Å². The van der Waals surface area contributed by atoms with Crippen LogP contribution < -0.4 is 9.47 Å². The molecule has 4 heteroatoms. The third-order valence-electron chi connectivity index (χ3n) is 2.69. The molecule has 0 radical (unpaired) electrons. The van der Waals surface area contributed by atoms with Gasteiger partial charge in [0.1, 0.15) is 6.10 Å². The van der Waals surface area contributed by atoms with E-state index in [0.29, 0.717) is 6.42 Å². The molecule has 0 saturated carbocycles. The molecule has 0 spiro atoms. The maximum atomic E-state index is 10.5. The lowest BCUT2D eigenvalue weighted by molar-refractivity contribution is -0.137. The smallest absolute Gasteiger partial charge is 0.303 e. The van der Waals surface area contributed by atoms with Crippen LogP contribution in [0.3, 0.4) is 0 Å². The molecule has 1 heterocycles. The minimum absolute atomic E-state index is 0.0394. The van der Waals surface area contributed by atoms with Gasteiger partial charge in [-0.1, -0.05) is 12.1 Å². The number of carboxylic acid groups (broad SMARTS) is 1. The predicted molar refractivity (Wildman–Crippen MR) is 58.0 cm³/mol. The van der Waals surface area contributed by atoms with E-state index in [1.807, 2.05) is 18.2 Å². The average Bonchev–Trinajstić information content (AvgIpc) is 2.68. The largest absolute Gasteiger partial charge is 0.493 e. The van der Waals surface area contributed by atoms with Gasteiger partial charge in [-0.2, -0.15) is 0 Å². The number of carbonyl (C=O) groups is 1. The van der Waals surface area contributed by atoms with Crippen LogP contribution in [0.5, 0.6) is 11.5 Å². The number of hydrogen-bond donors (Lipinski definition) is 1. The highest BCUT2D eigenvalue weighted by Crippen LogP contribution is 2.38. The number of benzene rings is 1. The Balaban J connectivity index is 2.06. The summed E-state index contributed by atoms with van der Waals surface area (Å²) in [4.78, 5) is 10.5. The van der Waals surface area contributed by atoms with E-state index >= 15 is 0 Å². The molecule has 1 atom stereocenters. The molecule has 0 aromatic heterocycles. The zero-order valence-corrected chi connectivity index (χ0v) is 9.10. The summed E-state index contributed by atoms with van der Waals surface area (Å²) in [6.45, 7) is 0. The summed E-state index contributed by atoms with van der Waals surface area (Å²) in [5, 5.41) is 8.61. The quantitative estimate of drug-likeness (QED) is 0.844. The second-order valence-corrected chi connectivity index (χ2v) is 3.82. The van der Waals surface area contributed by atoms with Gasteiger partial charge < -0.3 is 14.6 Å². The lowest BCUT2D eigenvalue weighted by Crippen LogP contribution is -2.14. The van der Waals surface area contributed by atoms with E-state index in [1.165, 1.54) is 0 Å². The number of hydrogen-bond acceptors (Lipinski definition) is 3. The fraction of sp³-hybridized carbons (Fsp3) is 0.417. The molecule has 0 aliphatic carbocycles. The van der Waals surface area contributed by atoms with Crippen molar-refractivity contribution in [3.05, 3.63) is 23.8 Å². The fourth-order valence-corrected chi connectivity index (χ4v) is 1.92. The van der Waals surface area contributed by atoms with Gasteiger partial charge in [0, 0.05) is 18.4 Å². The lowest BCUT2D eigenvalue weighted by atomic mass is 10.1. The van der Waals surface area contributed by atoms with Crippen molar-refractivity contribution in [2.45, 2.75) is 25.4 Å². The van der Waals surface area contributed by atoms with Crippen molar-refractivity contribution < 1.29 is 19.4 Å². The van der Waals surface area contributed by atoms with Gasteiger partial charge >= 0.3 is 5.97 Å². The van der Waals surface area contributed by atoms with Crippen LogP contribution in [0.25, 0.3) is 0 Å². The van der Waals surface area contributed by atoms with Crippen molar-refractivity contribution in [2.24, 2.45) is 0 Å². The first-order valence-corrected chi connectivity index (χ1v) is 5.25. The number of carboxylic acids is 1. The number of fused-ring (bicyclic) bond motifs is 1. The summed E-state index contributed by atoms with van der Waals surface area (Å²) < 4.78 is 10.9. The molecule has 1 aliphatic rings. The fourth-order valence-electron chi connectivity index (χ4n) is 1.92.